The first-order valence-electron chi connectivity index (χ1n) is 11.3. The van der Waals surface area contributed by atoms with Gasteiger partial charge in [-0.3, -0.25) is 4.79 Å². The highest BCUT2D eigenvalue weighted by molar-refractivity contribution is 5.79. The first-order chi connectivity index (χ1) is 15.2. The molecule has 1 saturated carbocycles. The lowest BCUT2D eigenvalue weighted by atomic mass is 9.88. The van der Waals surface area contributed by atoms with Gasteiger partial charge in [0, 0.05) is 30.9 Å². The molecule has 0 N–H and O–H groups in total. The van der Waals surface area contributed by atoms with Gasteiger partial charge in [-0.25, -0.2) is 0 Å². The standard InChI is InChI=1S/C27H32N2O2/c1-31-26-16-8-12-23(18-26)20-28-17-9-15-25(28)21-29(19-22-10-4-2-5-11-22)27(30)24-13-6-3-7-14-24/h2,4-5,8-12,15-18,24H,3,6-7,13-14,19-21H2,1H3. The number of carbonyl (C=O) groups excluding carboxylic acids is 1. The Morgan fingerprint density at radius 1 is 0.935 bits per heavy atom. The molecule has 0 unspecified atom stereocenters. The summed E-state index contributed by atoms with van der Waals surface area (Å²) in [6.45, 7) is 2.04. The van der Waals surface area contributed by atoms with Crippen LogP contribution >= 0.6 is 0 Å². The zero-order valence-corrected chi connectivity index (χ0v) is 18.4. The van der Waals surface area contributed by atoms with Gasteiger partial charge < -0.3 is 14.2 Å². The molecule has 4 heteroatoms. The zero-order valence-electron chi connectivity index (χ0n) is 18.4. The Kier molecular flexibility index (Phi) is 7.08. The maximum absolute atomic E-state index is 13.5. The van der Waals surface area contributed by atoms with Gasteiger partial charge in [-0.2, -0.15) is 0 Å². The predicted molar refractivity (Wildman–Crippen MR) is 124 cm³/mol. The molecule has 0 atom stereocenters. The normalized spacial score (nSPS) is 14.4. The SMILES string of the molecule is COc1cccc(Cn2cccc2CN(Cc2ccccc2)C(=O)C2CCCCC2)c1. The van der Waals surface area contributed by atoms with E-state index in [0.29, 0.717) is 19.0 Å². The van der Waals surface area contributed by atoms with Crippen molar-refractivity contribution in [2.75, 3.05) is 7.11 Å². The van der Waals surface area contributed by atoms with Crippen molar-refractivity contribution in [3.63, 3.8) is 0 Å². The van der Waals surface area contributed by atoms with E-state index in [-0.39, 0.29) is 5.92 Å². The molecule has 162 valence electrons. The summed E-state index contributed by atoms with van der Waals surface area (Å²) in [7, 11) is 1.69. The van der Waals surface area contributed by atoms with E-state index in [1.807, 2.05) is 30.3 Å². The van der Waals surface area contributed by atoms with Crippen molar-refractivity contribution >= 4 is 5.91 Å². The van der Waals surface area contributed by atoms with Gasteiger partial charge in [0.15, 0.2) is 0 Å². The van der Waals surface area contributed by atoms with Gasteiger partial charge in [0.05, 0.1) is 13.7 Å². The van der Waals surface area contributed by atoms with E-state index < -0.39 is 0 Å². The van der Waals surface area contributed by atoms with Crippen molar-refractivity contribution in [1.29, 1.82) is 0 Å². The average molecular weight is 417 g/mol. The van der Waals surface area contributed by atoms with Crippen molar-refractivity contribution in [2.24, 2.45) is 5.92 Å². The molecule has 4 nitrogen and oxygen atoms in total. The van der Waals surface area contributed by atoms with E-state index in [1.165, 1.54) is 30.4 Å². The number of carbonyl (C=O) groups is 1. The van der Waals surface area contributed by atoms with Crippen molar-refractivity contribution in [1.82, 2.24) is 9.47 Å². The number of methoxy groups -OCH3 is 1. The quantitative estimate of drug-likeness (QED) is 0.475. The number of ether oxygens (including phenoxy) is 1. The van der Waals surface area contributed by atoms with Crippen LogP contribution in [0.5, 0.6) is 5.75 Å². The number of nitrogens with zero attached hydrogens (tertiary/aromatic N) is 2. The predicted octanol–water partition coefficient (Wildman–Crippen LogP) is 5.65. The first-order valence-corrected chi connectivity index (χ1v) is 11.3. The monoisotopic (exact) mass is 416 g/mol. The number of benzene rings is 2. The maximum Gasteiger partial charge on any atom is 0.226 e. The minimum absolute atomic E-state index is 0.166. The number of amides is 1. The van der Waals surface area contributed by atoms with Crippen molar-refractivity contribution in [3.8, 4) is 5.75 Å². The summed E-state index contributed by atoms with van der Waals surface area (Å²) < 4.78 is 7.61. The maximum atomic E-state index is 13.5. The highest BCUT2D eigenvalue weighted by atomic mass is 16.5. The Balaban J connectivity index is 1.53. The van der Waals surface area contributed by atoms with Crippen LogP contribution in [-0.4, -0.2) is 22.5 Å². The van der Waals surface area contributed by atoms with E-state index in [9.17, 15) is 4.79 Å². The second-order valence-corrected chi connectivity index (χ2v) is 8.49. The molecule has 1 amide bonds. The number of rotatable bonds is 8. The van der Waals surface area contributed by atoms with Gasteiger partial charge >= 0.3 is 0 Å². The zero-order chi connectivity index (χ0) is 21.5. The van der Waals surface area contributed by atoms with Gasteiger partial charge in [0.25, 0.3) is 0 Å². The van der Waals surface area contributed by atoms with Crippen LogP contribution in [0.3, 0.4) is 0 Å². The Labute approximate surface area is 185 Å². The highest BCUT2D eigenvalue weighted by Crippen LogP contribution is 2.27. The summed E-state index contributed by atoms with van der Waals surface area (Å²) in [5, 5.41) is 0. The fraction of sp³-hybridized carbons (Fsp3) is 0.370. The first kappa shape index (κ1) is 21.2. The molecular weight excluding hydrogens is 384 g/mol. The third-order valence-corrected chi connectivity index (χ3v) is 6.25. The Morgan fingerprint density at radius 2 is 1.71 bits per heavy atom. The van der Waals surface area contributed by atoms with Crippen LogP contribution in [0.2, 0.25) is 0 Å². The summed E-state index contributed by atoms with van der Waals surface area (Å²) in [5.74, 6) is 1.33. The molecule has 0 spiro atoms. The lowest BCUT2D eigenvalue weighted by molar-refractivity contribution is -0.138. The highest BCUT2D eigenvalue weighted by Gasteiger charge is 2.26. The van der Waals surface area contributed by atoms with Crippen molar-refractivity contribution in [2.45, 2.75) is 51.7 Å². The molecule has 4 rings (SSSR count). The third-order valence-electron chi connectivity index (χ3n) is 6.25. The van der Waals surface area contributed by atoms with E-state index in [0.717, 1.165) is 30.8 Å². The molecule has 0 bridgehead atoms. The lowest BCUT2D eigenvalue weighted by Gasteiger charge is -2.30. The molecule has 1 aromatic heterocycles. The second-order valence-electron chi connectivity index (χ2n) is 8.49. The van der Waals surface area contributed by atoms with Gasteiger partial charge in [-0.05, 0) is 48.2 Å². The van der Waals surface area contributed by atoms with Crippen LogP contribution in [0, 0.1) is 5.92 Å². The van der Waals surface area contributed by atoms with Crippen LogP contribution in [0.25, 0.3) is 0 Å². The summed E-state index contributed by atoms with van der Waals surface area (Å²) in [6.07, 6.45) is 7.74. The summed E-state index contributed by atoms with van der Waals surface area (Å²) in [4.78, 5) is 15.5. The van der Waals surface area contributed by atoms with Crippen LogP contribution in [0.1, 0.15) is 48.9 Å². The van der Waals surface area contributed by atoms with Gasteiger partial charge in [0.2, 0.25) is 5.91 Å². The summed E-state index contributed by atoms with van der Waals surface area (Å²) in [5.41, 5.74) is 3.52. The fourth-order valence-electron chi connectivity index (χ4n) is 4.53. The Morgan fingerprint density at radius 3 is 2.48 bits per heavy atom. The molecule has 2 aromatic carbocycles. The molecule has 1 aliphatic carbocycles. The fourth-order valence-corrected chi connectivity index (χ4v) is 4.53. The Bertz CT molecular complexity index is 974. The van der Waals surface area contributed by atoms with Crippen molar-refractivity contribution < 1.29 is 9.53 Å². The van der Waals surface area contributed by atoms with Gasteiger partial charge in [-0.15, -0.1) is 0 Å². The van der Waals surface area contributed by atoms with E-state index in [2.05, 4.69) is 52.1 Å². The minimum atomic E-state index is 0.166. The molecule has 0 aliphatic heterocycles. The van der Waals surface area contributed by atoms with Gasteiger partial charge in [-0.1, -0.05) is 61.7 Å². The molecule has 0 radical (unpaired) electrons. The molecule has 1 fully saturated rings. The van der Waals surface area contributed by atoms with E-state index in [4.69, 9.17) is 4.74 Å². The topological polar surface area (TPSA) is 34.5 Å². The largest absolute Gasteiger partial charge is 0.497 e. The van der Waals surface area contributed by atoms with Crippen LogP contribution < -0.4 is 4.74 Å². The summed E-state index contributed by atoms with van der Waals surface area (Å²) in [6, 6.07) is 22.7. The molecule has 31 heavy (non-hydrogen) atoms. The lowest BCUT2D eigenvalue weighted by Crippen LogP contribution is -2.36. The number of aromatic nitrogens is 1. The van der Waals surface area contributed by atoms with Crippen molar-refractivity contribution in [3.05, 3.63) is 89.7 Å². The van der Waals surface area contributed by atoms with E-state index in [1.54, 1.807) is 7.11 Å². The molecule has 0 saturated heterocycles. The third kappa shape index (κ3) is 5.57. The smallest absolute Gasteiger partial charge is 0.226 e. The molecule has 1 heterocycles. The number of hydrogen-bond donors (Lipinski definition) is 0. The number of hydrogen-bond acceptors (Lipinski definition) is 2. The summed E-state index contributed by atoms with van der Waals surface area (Å²) >= 11 is 0. The van der Waals surface area contributed by atoms with Crippen LogP contribution in [0.4, 0.5) is 0 Å². The molecular formula is C27H32N2O2. The Hall–Kier alpha value is -3.01. The minimum Gasteiger partial charge on any atom is -0.497 e. The molecule has 1 aliphatic rings. The van der Waals surface area contributed by atoms with E-state index >= 15 is 0 Å². The van der Waals surface area contributed by atoms with Crippen LogP contribution in [0.15, 0.2) is 72.9 Å². The molecule has 3 aromatic rings. The van der Waals surface area contributed by atoms with Gasteiger partial charge in [0.1, 0.15) is 5.75 Å². The second kappa shape index (κ2) is 10.3. The average Bonchev–Trinajstić information content (AvgIpc) is 3.26. The van der Waals surface area contributed by atoms with Crippen LogP contribution in [-0.2, 0) is 24.4 Å².